The van der Waals surface area contributed by atoms with Gasteiger partial charge >= 0.3 is 0 Å². The van der Waals surface area contributed by atoms with Crippen LogP contribution in [0.3, 0.4) is 0 Å². The second kappa shape index (κ2) is 6.43. The van der Waals surface area contributed by atoms with Crippen molar-refractivity contribution < 1.29 is 9.15 Å². The number of para-hydroxylation sites is 1. The van der Waals surface area contributed by atoms with Crippen molar-refractivity contribution in [2.24, 2.45) is 0 Å². The second-order valence-electron chi connectivity index (χ2n) is 3.95. The Balaban J connectivity index is 2.25. The molecule has 0 aliphatic heterocycles. The summed E-state index contributed by atoms with van der Waals surface area (Å²) in [6.07, 6.45) is 3.54. The van der Waals surface area contributed by atoms with Crippen molar-refractivity contribution in [1.29, 1.82) is 5.26 Å². The minimum atomic E-state index is 0.256. The summed E-state index contributed by atoms with van der Waals surface area (Å²) in [5.74, 6) is 1.54. The number of oxazole rings is 1. The number of nitrogens with zero attached hydrogens (tertiary/aromatic N) is 2. The fraction of sp³-hybridized carbons (Fsp3) is 0.200. The molecule has 1 aromatic heterocycles. The first-order valence-electron chi connectivity index (χ1n) is 6.24. The van der Waals surface area contributed by atoms with Crippen LogP contribution in [-0.2, 0) is 0 Å². The molecule has 5 heteroatoms. The number of hydrogen-bond donors (Lipinski definition) is 1. The lowest BCUT2D eigenvalue weighted by atomic mass is 10.2. The maximum Gasteiger partial charge on any atom is 0.232 e. The number of benzene rings is 1. The monoisotopic (exact) mass is 269 g/mol. The molecule has 1 heterocycles. The van der Waals surface area contributed by atoms with Gasteiger partial charge in [0.1, 0.15) is 11.8 Å². The highest BCUT2D eigenvalue weighted by molar-refractivity contribution is 5.70. The van der Waals surface area contributed by atoms with E-state index in [1.807, 2.05) is 43.3 Å². The molecule has 0 spiro atoms. The molecule has 0 aliphatic rings. The molecule has 20 heavy (non-hydrogen) atoms. The van der Waals surface area contributed by atoms with E-state index >= 15 is 0 Å². The van der Waals surface area contributed by atoms with E-state index in [9.17, 15) is 0 Å². The molecule has 0 aliphatic carbocycles. The summed E-state index contributed by atoms with van der Waals surface area (Å²) in [6.45, 7) is 2.59. The predicted molar refractivity (Wildman–Crippen MR) is 77.3 cm³/mol. The van der Waals surface area contributed by atoms with Gasteiger partial charge in [-0.05, 0) is 19.1 Å². The van der Waals surface area contributed by atoms with Crippen LogP contribution in [0.5, 0.6) is 5.75 Å². The number of aromatic nitrogens is 1. The minimum Gasteiger partial charge on any atom is -0.496 e. The average molecular weight is 269 g/mol. The maximum absolute atomic E-state index is 8.97. The van der Waals surface area contributed by atoms with Crippen molar-refractivity contribution in [1.82, 2.24) is 4.98 Å². The average Bonchev–Trinajstić information content (AvgIpc) is 2.88. The Morgan fingerprint density at radius 3 is 2.90 bits per heavy atom. The molecule has 102 valence electrons. The molecule has 0 bridgehead atoms. The predicted octanol–water partition coefficient (Wildman–Crippen LogP) is 3.16. The van der Waals surface area contributed by atoms with Crippen LogP contribution in [0.15, 0.2) is 28.7 Å². The molecule has 1 N–H and O–H groups in total. The number of ether oxygens (including phenoxy) is 1. The molecule has 0 radical (unpaired) electrons. The maximum atomic E-state index is 8.97. The van der Waals surface area contributed by atoms with Gasteiger partial charge in [0, 0.05) is 18.2 Å². The fourth-order valence-corrected chi connectivity index (χ4v) is 1.73. The van der Waals surface area contributed by atoms with Gasteiger partial charge in [0.25, 0.3) is 0 Å². The summed E-state index contributed by atoms with van der Waals surface area (Å²) in [6, 6.07) is 9.62. The van der Waals surface area contributed by atoms with E-state index in [0.717, 1.165) is 11.3 Å². The summed E-state index contributed by atoms with van der Waals surface area (Å²) < 4.78 is 10.7. The van der Waals surface area contributed by atoms with Crippen molar-refractivity contribution in [2.75, 3.05) is 19.0 Å². The first kappa shape index (κ1) is 13.7. The Morgan fingerprint density at radius 2 is 2.20 bits per heavy atom. The van der Waals surface area contributed by atoms with Crippen molar-refractivity contribution in [3.8, 4) is 11.8 Å². The topological polar surface area (TPSA) is 71.1 Å². The van der Waals surface area contributed by atoms with E-state index in [2.05, 4.69) is 10.3 Å². The van der Waals surface area contributed by atoms with E-state index in [1.54, 1.807) is 13.2 Å². The molecule has 0 unspecified atom stereocenters. The Kier molecular flexibility index (Phi) is 4.40. The summed E-state index contributed by atoms with van der Waals surface area (Å²) >= 11 is 0. The lowest BCUT2D eigenvalue weighted by molar-refractivity contribution is 0.414. The van der Waals surface area contributed by atoms with Crippen LogP contribution in [0.1, 0.15) is 24.1 Å². The van der Waals surface area contributed by atoms with Crippen LogP contribution in [0, 0.1) is 11.3 Å². The lowest BCUT2D eigenvalue weighted by Crippen LogP contribution is -1.96. The quantitative estimate of drug-likeness (QED) is 0.902. The van der Waals surface area contributed by atoms with Gasteiger partial charge in [-0.1, -0.05) is 18.2 Å². The number of hydrogen-bond acceptors (Lipinski definition) is 5. The van der Waals surface area contributed by atoms with Gasteiger partial charge in [-0.3, -0.25) is 0 Å². The number of nitrogens with one attached hydrogen (secondary N) is 1. The zero-order valence-corrected chi connectivity index (χ0v) is 11.4. The Labute approximate surface area is 117 Å². The van der Waals surface area contributed by atoms with E-state index in [1.165, 1.54) is 0 Å². The molecule has 0 amide bonds. The van der Waals surface area contributed by atoms with Gasteiger partial charge in [-0.15, -0.1) is 0 Å². The number of rotatable bonds is 5. The van der Waals surface area contributed by atoms with E-state index in [0.29, 0.717) is 18.3 Å². The smallest absolute Gasteiger partial charge is 0.232 e. The highest BCUT2D eigenvalue weighted by atomic mass is 16.5. The first-order valence-corrected chi connectivity index (χ1v) is 6.24. The van der Waals surface area contributed by atoms with Gasteiger partial charge in [0.2, 0.25) is 17.5 Å². The number of anilines is 1. The van der Waals surface area contributed by atoms with Crippen molar-refractivity contribution in [3.05, 3.63) is 41.4 Å². The Bertz CT molecular complexity index is 653. The molecular weight excluding hydrogens is 254 g/mol. The molecular formula is C15H15N3O2. The van der Waals surface area contributed by atoms with Gasteiger partial charge in [-0.2, -0.15) is 10.2 Å². The van der Waals surface area contributed by atoms with Gasteiger partial charge < -0.3 is 14.5 Å². The molecule has 2 aromatic rings. The van der Waals surface area contributed by atoms with E-state index in [-0.39, 0.29) is 5.69 Å². The second-order valence-corrected chi connectivity index (χ2v) is 3.95. The van der Waals surface area contributed by atoms with Gasteiger partial charge in [0.15, 0.2) is 0 Å². The van der Waals surface area contributed by atoms with Crippen LogP contribution >= 0.6 is 0 Å². The zero-order chi connectivity index (χ0) is 14.4. The Morgan fingerprint density at radius 1 is 1.40 bits per heavy atom. The standard InChI is InChI=1S/C15H15N3O2/c1-3-17-15-12(10-16)18-14(20-15)9-8-11-6-4-5-7-13(11)19-2/h4-9,17H,3H2,1-2H3. The highest BCUT2D eigenvalue weighted by Gasteiger charge is 2.10. The zero-order valence-electron chi connectivity index (χ0n) is 11.4. The van der Waals surface area contributed by atoms with E-state index in [4.69, 9.17) is 14.4 Å². The third-order valence-corrected chi connectivity index (χ3v) is 2.63. The minimum absolute atomic E-state index is 0.256. The van der Waals surface area contributed by atoms with Crippen LogP contribution in [0.2, 0.25) is 0 Å². The third-order valence-electron chi connectivity index (χ3n) is 2.63. The molecule has 0 saturated carbocycles. The largest absolute Gasteiger partial charge is 0.496 e. The van der Waals surface area contributed by atoms with Gasteiger partial charge in [-0.25, -0.2) is 0 Å². The van der Waals surface area contributed by atoms with Crippen molar-refractivity contribution >= 4 is 18.0 Å². The summed E-state index contributed by atoms with van der Waals surface area (Å²) in [7, 11) is 1.62. The molecule has 0 atom stereocenters. The molecule has 0 fully saturated rings. The van der Waals surface area contributed by atoms with Crippen molar-refractivity contribution in [2.45, 2.75) is 6.92 Å². The molecule has 5 nitrogen and oxygen atoms in total. The van der Waals surface area contributed by atoms with Crippen LogP contribution in [-0.4, -0.2) is 18.6 Å². The summed E-state index contributed by atoms with van der Waals surface area (Å²) in [4.78, 5) is 4.10. The molecule has 1 aromatic carbocycles. The SMILES string of the molecule is CCNc1oc(C=Cc2ccccc2OC)nc1C#N. The Hall–Kier alpha value is -2.74. The third kappa shape index (κ3) is 2.98. The van der Waals surface area contributed by atoms with Crippen molar-refractivity contribution in [3.63, 3.8) is 0 Å². The highest BCUT2D eigenvalue weighted by Crippen LogP contribution is 2.22. The van der Waals surface area contributed by atoms with Crippen LogP contribution in [0.25, 0.3) is 12.2 Å². The summed E-state index contributed by atoms with van der Waals surface area (Å²) in [5.41, 5.74) is 1.17. The van der Waals surface area contributed by atoms with E-state index < -0.39 is 0 Å². The normalized spacial score (nSPS) is 10.4. The van der Waals surface area contributed by atoms with Crippen LogP contribution in [0.4, 0.5) is 5.88 Å². The number of methoxy groups -OCH3 is 1. The molecule has 2 rings (SSSR count). The number of nitriles is 1. The van der Waals surface area contributed by atoms with Gasteiger partial charge in [0.05, 0.1) is 7.11 Å². The molecule has 0 saturated heterocycles. The van der Waals surface area contributed by atoms with Crippen LogP contribution < -0.4 is 10.1 Å². The first-order chi connectivity index (χ1) is 9.78. The summed E-state index contributed by atoms with van der Waals surface area (Å²) in [5, 5.41) is 11.9. The lowest BCUT2D eigenvalue weighted by Gasteiger charge is -2.02. The fourth-order valence-electron chi connectivity index (χ4n) is 1.73.